The van der Waals surface area contributed by atoms with Gasteiger partial charge in [-0.2, -0.15) is 5.10 Å². The third kappa shape index (κ3) is 2.47. The number of fused-ring (bicyclic) bond motifs is 1. The Morgan fingerprint density at radius 1 is 1.40 bits per heavy atom. The van der Waals surface area contributed by atoms with Crippen molar-refractivity contribution in [2.45, 2.75) is 32.6 Å². The normalized spacial score (nSPS) is 31.9. The number of hydrogen-bond donors (Lipinski definition) is 1. The number of halogens is 1. The Bertz CT molecular complexity index is 540. The molecular weight excluding hydrogens is 272 g/mol. The third-order valence-corrected chi connectivity index (χ3v) is 5.12. The van der Waals surface area contributed by atoms with Gasteiger partial charge in [-0.3, -0.25) is 4.79 Å². The van der Waals surface area contributed by atoms with Crippen molar-refractivity contribution in [3.63, 3.8) is 0 Å². The van der Waals surface area contributed by atoms with Crippen LogP contribution in [0, 0.1) is 17.3 Å². The summed E-state index contributed by atoms with van der Waals surface area (Å²) in [6, 6.07) is 7.36. The number of nitrogens with zero attached hydrogens (tertiary/aromatic N) is 1. The maximum absolute atomic E-state index is 12.2. The highest BCUT2D eigenvalue weighted by atomic mass is 35.5. The van der Waals surface area contributed by atoms with E-state index in [0.29, 0.717) is 10.9 Å². The minimum Gasteiger partial charge on any atom is -0.273 e. The lowest BCUT2D eigenvalue weighted by Gasteiger charge is -2.15. The monoisotopic (exact) mass is 290 g/mol. The molecule has 2 aliphatic rings. The van der Waals surface area contributed by atoms with Crippen LogP contribution in [0.1, 0.15) is 38.2 Å². The predicted molar refractivity (Wildman–Crippen MR) is 80.7 cm³/mol. The first-order valence-corrected chi connectivity index (χ1v) is 7.57. The lowest BCUT2D eigenvalue weighted by molar-refractivity contribution is -0.123. The van der Waals surface area contributed by atoms with Gasteiger partial charge in [-0.1, -0.05) is 43.5 Å². The largest absolute Gasteiger partial charge is 0.273 e. The van der Waals surface area contributed by atoms with Crippen molar-refractivity contribution in [1.29, 1.82) is 0 Å². The first kappa shape index (κ1) is 13.6. The first-order chi connectivity index (χ1) is 9.61. The van der Waals surface area contributed by atoms with Gasteiger partial charge in [0.2, 0.25) is 5.91 Å². The van der Waals surface area contributed by atoms with Gasteiger partial charge in [0.15, 0.2) is 0 Å². The Labute approximate surface area is 124 Å². The molecule has 20 heavy (non-hydrogen) atoms. The van der Waals surface area contributed by atoms with E-state index in [1.165, 1.54) is 25.7 Å². The highest BCUT2D eigenvalue weighted by Crippen LogP contribution is 2.66. The molecule has 106 valence electrons. The molecule has 3 unspecified atom stereocenters. The van der Waals surface area contributed by atoms with Crippen molar-refractivity contribution in [3.05, 3.63) is 34.9 Å². The number of hydrogen-bond acceptors (Lipinski definition) is 2. The Hall–Kier alpha value is -1.35. The summed E-state index contributed by atoms with van der Waals surface area (Å²) < 4.78 is 0. The molecule has 4 heteroatoms. The van der Waals surface area contributed by atoms with E-state index in [2.05, 4.69) is 17.5 Å². The molecule has 1 aromatic carbocycles. The summed E-state index contributed by atoms with van der Waals surface area (Å²) in [4.78, 5) is 12.2. The van der Waals surface area contributed by atoms with E-state index < -0.39 is 0 Å². The minimum atomic E-state index is 0.0737. The molecule has 1 amide bonds. The van der Waals surface area contributed by atoms with E-state index in [1.54, 1.807) is 18.3 Å². The zero-order chi connectivity index (χ0) is 14.2. The number of benzene rings is 1. The van der Waals surface area contributed by atoms with E-state index in [1.807, 2.05) is 12.1 Å². The summed E-state index contributed by atoms with van der Waals surface area (Å²) in [5.74, 6) is 0.805. The van der Waals surface area contributed by atoms with Crippen LogP contribution in [-0.2, 0) is 4.79 Å². The van der Waals surface area contributed by atoms with Crippen LogP contribution in [0.3, 0.4) is 0 Å². The van der Waals surface area contributed by atoms with E-state index in [0.717, 1.165) is 5.56 Å². The van der Waals surface area contributed by atoms with E-state index in [9.17, 15) is 4.79 Å². The minimum absolute atomic E-state index is 0.0737. The molecule has 2 fully saturated rings. The summed E-state index contributed by atoms with van der Waals surface area (Å²) in [5, 5.41) is 4.75. The van der Waals surface area contributed by atoms with Gasteiger partial charge in [0, 0.05) is 10.9 Å². The van der Waals surface area contributed by atoms with Crippen LogP contribution in [0.4, 0.5) is 0 Å². The zero-order valence-corrected chi connectivity index (χ0v) is 12.4. The number of carbonyl (C=O) groups excluding carboxylic acids is 1. The van der Waals surface area contributed by atoms with E-state index in [-0.39, 0.29) is 17.2 Å². The van der Waals surface area contributed by atoms with Crippen LogP contribution in [0.25, 0.3) is 0 Å². The maximum Gasteiger partial charge on any atom is 0.244 e. The average molecular weight is 291 g/mol. The van der Waals surface area contributed by atoms with Gasteiger partial charge in [0.05, 0.1) is 6.21 Å². The van der Waals surface area contributed by atoms with Crippen molar-refractivity contribution in [2.75, 3.05) is 0 Å². The number of carbonyl (C=O) groups is 1. The molecule has 0 saturated heterocycles. The lowest BCUT2D eigenvalue weighted by atomic mass is 9.90. The summed E-state index contributed by atoms with van der Waals surface area (Å²) in [5.41, 5.74) is 3.85. The second-order valence-electron chi connectivity index (χ2n) is 6.12. The summed E-state index contributed by atoms with van der Waals surface area (Å²) in [6.07, 6.45) is 6.54. The van der Waals surface area contributed by atoms with Crippen molar-refractivity contribution >= 4 is 23.7 Å². The molecule has 3 nitrogen and oxygen atoms in total. The van der Waals surface area contributed by atoms with Crippen LogP contribution >= 0.6 is 11.6 Å². The molecule has 3 atom stereocenters. The van der Waals surface area contributed by atoms with Crippen molar-refractivity contribution in [2.24, 2.45) is 22.4 Å². The number of hydrazone groups is 1. The lowest BCUT2D eigenvalue weighted by Crippen LogP contribution is -2.22. The van der Waals surface area contributed by atoms with Crippen LogP contribution in [0.5, 0.6) is 0 Å². The number of nitrogens with one attached hydrogen (secondary N) is 1. The summed E-state index contributed by atoms with van der Waals surface area (Å²) in [6.45, 7) is 2.24. The summed E-state index contributed by atoms with van der Waals surface area (Å²) >= 11 is 5.82. The SMILES string of the molecule is CC12CCCCC1C2C(=O)N/N=C/c1ccc(Cl)cc1. The molecule has 0 heterocycles. The maximum atomic E-state index is 12.2. The number of rotatable bonds is 3. The predicted octanol–water partition coefficient (Wildman–Crippen LogP) is 3.62. The second-order valence-corrected chi connectivity index (χ2v) is 6.56. The molecule has 0 aromatic heterocycles. The highest BCUT2D eigenvalue weighted by Gasteiger charge is 2.64. The van der Waals surface area contributed by atoms with Gasteiger partial charge in [-0.05, 0) is 41.9 Å². The molecule has 3 rings (SSSR count). The van der Waals surface area contributed by atoms with Gasteiger partial charge < -0.3 is 0 Å². The molecule has 2 saturated carbocycles. The van der Waals surface area contributed by atoms with Crippen molar-refractivity contribution < 1.29 is 4.79 Å². The topological polar surface area (TPSA) is 41.5 Å². The van der Waals surface area contributed by atoms with Gasteiger partial charge in [-0.25, -0.2) is 5.43 Å². The van der Waals surface area contributed by atoms with Gasteiger partial charge in [0.25, 0.3) is 0 Å². The van der Waals surface area contributed by atoms with E-state index >= 15 is 0 Å². The van der Waals surface area contributed by atoms with Gasteiger partial charge >= 0.3 is 0 Å². The van der Waals surface area contributed by atoms with Crippen LogP contribution in [0.15, 0.2) is 29.4 Å². The Kier molecular flexibility index (Phi) is 3.55. The van der Waals surface area contributed by atoms with Crippen molar-refractivity contribution in [3.8, 4) is 0 Å². The van der Waals surface area contributed by atoms with Crippen LogP contribution < -0.4 is 5.43 Å². The quantitative estimate of drug-likeness (QED) is 0.670. The standard InChI is InChI=1S/C16H19ClN2O/c1-16-9-3-2-4-13(16)14(16)15(20)19-18-10-11-5-7-12(17)8-6-11/h5-8,10,13-14H,2-4,9H2,1H3,(H,19,20)/b18-10+. The molecule has 0 bridgehead atoms. The van der Waals surface area contributed by atoms with E-state index in [4.69, 9.17) is 11.6 Å². The molecule has 0 spiro atoms. The van der Waals surface area contributed by atoms with Crippen molar-refractivity contribution in [1.82, 2.24) is 5.43 Å². The van der Waals surface area contributed by atoms with Crippen LogP contribution in [-0.4, -0.2) is 12.1 Å². The second kappa shape index (κ2) is 5.21. The zero-order valence-electron chi connectivity index (χ0n) is 11.6. The Balaban J connectivity index is 1.56. The molecule has 1 N–H and O–H groups in total. The third-order valence-electron chi connectivity index (χ3n) is 4.87. The van der Waals surface area contributed by atoms with Gasteiger partial charge in [0.1, 0.15) is 0 Å². The molecule has 2 aliphatic carbocycles. The fraction of sp³-hybridized carbons (Fsp3) is 0.500. The van der Waals surface area contributed by atoms with Crippen LogP contribution in [0.2, 0.25) is 5.02 Å². The average Bonchev–Trinajstić information content (AvgIpc) is 3.06. The fourth-order valence-electron chi connectivity index (χ4n) is 3.64. The molecule has 0 radical (unpaired) electrons. The van der Waals surface area contributed by atoms with Gasteiger partial charge in [-0.15, -0.1) is 0 Å². The highest BCUT2D eigenvalue weighted by molar-refractivity contribution is 6.30. The Morgan fingerprint density at radius 3 is 2.80 bits per heavy atom. The molecule has 1 aromatic rings. The fourth-order valence-corrected chi connectivity index (χ4v) is 3.77. The first-order valence-electron chi connectivity index (χ1n) is 7.20. The molecular formula is C16H19ClN2O. The Morgan fingerprint density at radius 2 is 2.15 bits per heavy atom. The molecule has 0 aliphatic heterocycles. The summed E-state index contributed by atoms with van der Waals surface area (Å²) in [7, 11) is 0. The number of amides is 1. The smallest absolute Gasteiger partial charge is 0.244 e.